The Hall–Kier alpha value is -3.14. The van der Waals surface area contributed by atoms with Gasteiger partial charge in [-0.2, -0.15) is 0 Å². The third kappa shape index (κ3) is 2.27. The van der Waals surface area contributed by atoms with Crippen LogP contribution in [0.15, 0.2) is 42.6 Å². The molecule has 0 amide bonds. The maximum Gasteiger partial charge on any atom is 0.220 e. The lowest BCUT2D eigenvalue weighted by Crippen LogP contribution is -2.42. The number of hydrogen-bond donors (Lipinski definition) is 0. The van der Waals surface area contributed by atoms with Crippen LogP contribution in [0.2, 0.25) is 0 Å². The van der Waals surface area contributed by atoms with Crippen molar-refractivity contribution in [2.45, 2.75) is 53.4 Å². The van der Waals surface area contributed by atoms with Gasteiger partial charge < -0.3 is 0 Å². The minimum atomic E-state index is -2.48. The highest BCUT2D eigenvalue weighted by Gasteiger charge is 2.43. The summed E-state index contributed by atoms with van der Waals surface area (Å²) in [7, 11) is 1.87. The van der Waals surface area contributed by atoms with E-state index < -0.39 is 24.7 Å². The number of imidazole rings is 2. The summed E-state index contributed by atoms with van der Waals surface area (Å²) in [6.07, 6.45) is -0.253. The predicted octanol–water partition coefficient (Wildman–Crippen LogP) is 5.85. The van der Waals surface area contributed by atoms with E-state index in [2.05, 4.69) is 47.9 Å². The number of aromatic nitrogens is 4. The van der Waals surface area contributed by atoms with Crippen molar-refractivity contribution >= 4 is 27.8 Å². The number of nitrogens with zero attached hydrogens (tertiary/aromatic N) is 4. The molecule has 0 bridgehead atoms. The fourth-order valence-electron chi connectivity index (χ4n) is 5.62. The molecule has 0 N–H and O–H groups in total. The molecule has 0 atom stereocenters. The van der Waals surface area contributed by atoms with Crippen LogP contribution in [0, 0.1) is 19.7 Å². The topological polar surface area (TPSA) is 26.1 Å². The first-order valence-electron chi connectivity index (χ1n) is 13.7. The molecule has 0 unspecified atom stereocenters. The Morgan fingerprint density at radius 2 is 1.91 bits per heavy atom. The van der Waals surface area contributed by atoms with Crippen LogP contribution in [0.1, 0.15) is 56.8 Å². The molecule has 2 aromatic carbocycles. The summed E-state index contributed by atoms with van der Waals surface area (Å²) in [4.78, 5) is 5.03. The fraction of sp³-hybridized carbons (Fsp3) is 0.357. The van der Waals surface area contributed by atoms with Crippen LogP contribution in [0.25, 0.3) is 39.1 Å². The van der Waals surface area contributed by atoms with Crippen LogP contribution >= 0.6 is 0 Å². The van der Waals surface area contributed by atoms with Crippen molar-refractivity contribution in [2.24, 2.45) is 13.0 Å². The van der Waals surface area contributed by atoms with Gasteiger partial charge in [0.25, 0.3) is 0 Å². The van der Waals surface area contributed by atoms with E-state index in [9.17, 15) is 2.74 Å². The summed E-state index contributed by atoms with van der Waals surface area (Å²) in [5, 5.41) is 0. The molecular formula is C28H31N4+. The molecule has 4 heterocycles. The van der Waals surface area contributed by atoms with Gasteiger partial charge in [0.1, 0.15) is 7.05 Å². The first-order valence-corrected chi connectivity index (χ1v) is 11.2. The number of aryl methyl sites for hydroxylation is 3. The lowest BCUT2D eigenvalue weighted by molar-refractivity contribution is -0.661. The van der Waals surface area contributed by atoms with E-state index in [1.165, 1.54) is 0 Å². The second kappa shape index (κ2) is 6.22. The molecule has 0 spiro atoms. The number of benzene rings is 2. The molecule has 1 aliphatic heterocycles. The van der Waals surface area contributed by atoms with Crippen molar-refractivity contribution in [3.05, 3.63) is 64.8 Å². The zero-order chi connectivity index (χ0) is 26.8. The van der Waals surface area contributed by atoms with Gasteiger partial charge in [-0.25, -0.2) is 9.55 Å². The number of para-hydroxylation sites is 2. The standard InChI is InChI=1S/C28H31N4/c1-16(2)14-19-18(4)15-30(7)26-23-17(3)12-13-22-25(23)32(28(5,6)24(19)26)27-29-20-10-8-9-11-21(20)31(22)27/h8-13,15-16H,14H2,1-7H3/q+1/i4D3,14D2. The maximum absolute atomic E-state index is 9.20. The van der Waals surface area contributed by atoms with E-state index in [4.69, 9.17) is 9.10 Å². The number of hydrogen-bond acceptors (Lipinski definition) is 1. The molecular weight excluding hydrogens is 392 g/mol. The van der Waals surface area contributed by atoms with Crippen LogP contribution in [0.4, 0.5) is 0 Å². The SMILES string of the molecule is [2H]C([2H])([2H])c1c[n+](C)c2c(c1C([2H])([2H])C(C)C)C(C)(C)n1c3c-2c(C)ccc3n2c3ccccc3nc12. The summed E-state index contributed by atoms with van der Waals surface area (Å²) < 4.78 is 49.8. The first-order chi connectivity index (χ1) is 17.2. The van der Waals surface area contributed by atoms with Crippen molar-refractivity contribution in [1.82, 2.24) is 14.0 Å². The maximum atomic E-state index is 9.20. The van der Waals surface area contributed by atoms with E-state index in [1.54, 1.807) is 6.20 Å². The average molecular weight is 429 g/mol. The smallest absolute Gasteiger partial charge is 0.220 e. The van der Waals surface area contributed by atoms with Crippen molar-refractivity contribution in [2.75, 3.05) is 0 Å². The third-order valence-corrected chi connectivity index (χ3v) is 6.84. The zero-order valence-corrected chi connectivity index (χ0v) is 19.4. The summed E-state index contributed by atoms with van der Waals surface area (Å²) >= 11 is 0. The van der Waals surface area contributed by atoms with Gasteiger partial charge in [-0.1, -0.05) is 32.0 Å². The van der Waals surface area contributed by atoms with Gasteiger partial charge in [0.05, 0.1) is 38.7 Å². The highest BCUT2D eigenvalue weighted by atomic mass is 15.2. The molecule has 1 aliphatic rings. The van der Waals surface area contributed by atoms with E-state index in [1.807, 2.05) is 43.7 Å². The van der Waals surface area contributed by atoms with Crippen molar-refractivity contribution in [3.63, 3.8) is 0 Å². The average Bonchev–Trinajstić information content (AvgIpc) is 3.32. The Morgan fingerprint density at radius 1 is 1.12 bits per heavy atom. The van der Waals surface area contributed by atoms with E-state index >= 15 is 0 Å². The van der Waals surface area contributed by atoms with Crippen LogP contribution in [0.3, 0.4) is 0 Å². The quantitative estimate of drug-likeness (QED) is 0.324. The van der Waals surface area contributed by atoms with E-state index in [0.29, 0.717) is 5.56 Å². The number of rotatable bonds is 2. The number of fused-ring (bicyclic) bond motifs is 7. The predicted molar refractivity (Wildman–Crippen MR) is 131 cm³/mol. The Bertz CT molecular complexity index is 1770. The molecule has 0 aliphatic carbocycles. The van der Waals surface area contributed by atoms with Gasteiger partial charge in [-0.3, -0.25) is 8.97 Å². The van der Waals surface area contributed by atoms with Gasteiger partial charge in [0.2, 0.25) is 11.5 Å². The molecule has 0 saturated heterocycles. The molecule has 4 heteroatoms. The molecule has 5 aromatic rings. The molecule has 4 nitrogen and oxygen atoms in total. The van der Waals surface area contributed by atoms with Gasteiger partial charge in [0, 0.05) is 12.4 Å². The van der Waals surface area contributed by atoms with Gasteiger partial charge >= 0.3 is 0 Å². The second-order valence-corrected chi connectivity index (χ2v) is 9.81. The molecule has 162 valence electrons. The van der Waals surface area contributed by atoms with Gasteiger partial charge in [0.15, 0.2) is 6.20 Å². The van der Waals surface area contributed by atoms with Crippen molar-refractivity contribution in [3.8, 4) is 11.3 Å². The third-order valence-electron chi connectivity index (χ3n) is 6.84. The Balaban J connectivity index is 1.91. The van der Waals surface area contributed by atoms with E-state index in [-0.39, 0.29) is 11.1 Å². The number of pyridine rings is 1. The van der Waals surface area contributed by atoms with Crippen molar-refractivity contribution in [1.29, 1.82) is 0 Å². The normalized spacial score (nSPS) is 17.9. The molecule has 0 saturated carbocycles. The first kappa shape index (κ1) is 14.8. The highest BCUT2D eigenvalue weighted by molar-refractivity contribution is 6.01. The largest absolute Gasteiger partial charge is 0.299 e. The zero-order valence-electron chi connectivity index (χ0n) is 24.4. The summed E-state index contributed by atoms with van der Waals surface area (Å²) in [6.45, 7) is 7.31. The minimum absolute atomic E-state index is 0.0606. The minimum Gasteiger partial charge on any atom is -0.299 e. The molecule has 0 fully saturated rings. The van der Waals surface area contributed by atoms with Gasteiger partial charge in [-0.15, -0.1) is 0 Å². The molecule has 3 aromatic heterocycles. The van der Waals surface area contributed by atoms with E-state index in [0.717, 1.165) is 44.7 Å². The van der Waals surface area contributed by atoms with Crippen molar-refractivity contribution < 1.29 is 11.4 Å². The summed E-state index contributed by atoms with van der Waals surface area (Å²) in [5.41, 5.74) is 7.07. The Morgan fingerprint density at radius 3 is 2.66 bits per heavy atom. The van der Waals surface area contributed by atoms with Crippen LogP contribution in [0.5, 0.6) is 0 Å². The Labute approximate surface area is 196 Å². The second-order valence-electron chi connectivity index (χ2n) is 9.81. The molecule has 0 radical (unpaired) electrons. The molecule has 6 rings (SSSR count). The highest BCUT2D eigenvalue weighted by Crippen LogP contribution is 2.48. The fourth-order valence-corrected chi connectivity index (χ4v) is 5.62. The van der Waals surface area contributed by atoms with Crippen LogP contribution < -0.4 is 4.57 Å². The monoisotopic (exact) mass is 428 g/mol. The van der Waals surface area contributed by atoms with Crippen LogP contribution in [-0.2, 0) is 19.0 Å². The van der Waals surface area contributed by atoms with Gasteiger partial charge in [-0.05, 0) is 69.2 Å². The lowest BCUT2D eigenvalue weighted by Gasteiger charge is -2.36. The summed E-state index contributed by atoms with van der Waals surface area (Å²) in [5.74, 6) is 0.329. The Kier molecular flexibility index (Phi) is 2.88. The molecule has 32 heavy (non-hydrogen) atoms. The van der Waals surface area contributed by atoms with Crippen LogP contribution in [-0.4, -0.2) is 14.0 Å². The lowest BCUT2D eigenvalue weighted by atomic mass is 9.78. The summed E-state index contributed by atoms with van der Waals surface area (Å²) in [6, 6.07) is 12.3.